The van der Waals surface area contributed by atoms with Crippen LogP contribution in [0.3, 0.4) is 0 Å². The van der Waals surface area contributed by atoms with Gasteiger partial charge in [-0.25, -0.2) is 0 Å². The Morgan fingerprint density at radius 1 is 0.750 bits per heavy atom. The maximum atomic E-state index is 3.79. The third-order valence-corrected chi connectivity index (χ3v) is 6.56. The van der Waals surface area contributed by atoms with E-state index >= 15 is 0 Å². The van der Waals surface area contributed by atoms with Gasteiger partial charge in [0.15, 0.2) is 0 Å². The van der Waals surface area contributed by atoms with Crippen LogP contribution in [-0.2, 0) is 6.54 Å². The van der Waals surface area contributed by atoms with Gasteiger partial charge in [-0.05, 0) is 0 Å². The van der Waals surface area contributed by atoms with Gasteiger partial charge >= 0.3 is 151 Å². The van der Waals surface area contributed by atoms with Gasteiger partial charge in [-0.15, -0.1) is 0 Å². The van der Waals surface area contributed by atoms with E-state index in [2.05, 4.69) is 103 Å². The molecule has 0 radical (unpaired) electrons. The van der Waals surface area contributed by atoms with Crippen molar-refractivity contribution in [2.24, 2.45) is 0 Å². The van der Waals surface area contributed by atoms with Crippen LogP contribution < -0.4 is 9.78 Å². The average Bonchev–Trinajstić information content (AvgIpc) is 2.64. The van der Waals surface area contributed by atoms with Crippen LogP contribution in [0, 0.1) is 0 Å². The summed E-state index contributed by atoms with van der Waals surface area (Å²) in [5, 5.41) is 3.79. The molecule has 0 bridgehead atoms. The summed E-state index contributed by atoms with van der Waals surface area (Å²) in [4.78, 5) is 0.575. The summed E-state index contributed by atoms with van der Waals surface area (Å²) >= 11 is 0.436. The second-order valence-corrected chi connectivity index (χ2v) is 8.93. The molecule has 0 aliphatic rings. The van der Waals surface area contributed by atoms with Crippen molar-refractivity contribution in [3.63, 3.8) is 0 Å². The first-order chi connectivity index (χ1) is 11.8. The third-order valence-electron chi connectivity index (χ3n) is 4.06. The van der Waals surface area contributed by atoms with Crippen molar-refractivity contribution in [1.29, 1.82) is 0 Å². The van der Waals surface area contributed by atoms with Crippen LogP contribution >= 0.6 is 0 Å². The Labute approximate surface area is 151 Å². The summed E-state index contributed by atoms with van der Waals surface area (Å²) in [6.07, 6.45) is 0. The van der Waals surface area contributed by atoms with Crippen LogP contribution in [0.4, 0.5) is 0 Å². The van der Waals surface area contributed by atoms with Crippen molar-refractivity contribution in [2.75, 3.05) is 0 Å². The van der Waals surface area contributed by atoms with E-state index in [4.69, 9.17) is 0 Å². The number of nitrogens with one attached hydrogen (secondary N) is 1. The molecule has 0 aliphatic carbocycles. The molecule has 0 aromatic heterocycles. The zero-order valence-corrected chi connectivity index (χ0v) is 15.6. The first-order valence-corrected chi connectivity index (χ1v) is 10.2. The van der Waals surface area contributed by atoms with Crippen molar-refractivity contribution in [3.8, 4) is 0 Å². The van der Waals surface area contributed by atoms with Gasteiger partial charge in [0.05, 0.1) is 0 Å². The van der Waals surface area contributed by atoms with E-state index in [0.29, 0.717) is 25.8 Å². The molecular formula is C22H23NSe. The van der Waals surface area contributed by atoms with Gasteiger partial charge in [0.2, 0.25) is 0 Å². The fraction of sp³-hybridized carbons (Fsp3) is 0.182. The summed E-state index contributed by atoms with van der Waals surface area (Å²) in [5.41, 5.74) is 2.71. The van der Waals surface area contributed by atoms with E-state index in [1.807, 2.05) is 0 Å². The Morgan fingerprint density at radius 3 is 1.92 bits per heavy atom. The van der Waals surface area contributed by atoms with Gasteiger partial charge in [-0.1, -0.05) is 0 Å². The second-order valence-electron chi connectivity index (χ2n) is 5.89. The van der Waals surface area contributed by atoms with Crippen molar-refractivity contribution in [3.05, 3.63) is 102 Å². The van der Waals surface area contributed by atoms with E-state index in [-0.39, 0.29) is 0 Å². The molecule has 0 saturated heterocycles. The molecule has 0 saturated carbocycles. The second kappa shape index (κ2) is 8.84. The van der Waals surface area contributed by atoms with Gasteiger partial charge in [0.1, 0.15) is 0 Å². The molecular weight excluding hydrogens is 357 g/mol. The van der Waals surface area contributed by atoms with E-state index in [1.54, 1.807) is 0 Å². The molecule has 0 spiro atoms. The zero-order chi connectivity index (χ0) is 16.6. The van der Waals surface area contributed by atoms with Gasteiger partial charge in [-0.3, -0.25) is 0 Å². The van der Waals surface area contributed by atoms with E-state index in [9.17, 15) is 0 Å². The fourth-order valence-electron chi connectivity index (χ4n) is 2.82. The Bertz CT molecular complexity index is 713. The number of benzene rings is 3. The molecule has 2 atom stereocenters. The van der Waals surface area contributed by atoms with Crippen LogP contribution in [0.1, 0.15) is 24.1 Å². The molecule has 24 heavy (non-hydrogen) atoms. The number of rotatable bonds is 7. The third kappa shape index (κ3) is 4.82. The van der Waals surface area contributed by atoms with Gasteiger partial charge < -0.3 is 0 Å². The van der Waals surface area contributed by atoms with Crippen molar-refractivity contribution < 1.29 is 0 Å². The van der Waals surface area contributed by atoms with Crippen LogP contribution in [-0.4, -0.2) is 15.0 Å². The van der Waals surface area contributed by atoms with Crippen LogP contribution in [0.25, 0.3) is 0 Å². The Morgan fingerprint density at radius 2 is 1.29 bits per heavy atom. The minimum absolute atomic E-state index is 0.367. The predicted octanol–water partition coefficient (Wildman–Crippen LogP) is 4.36. The summed E-state index contributed by atoms with van der Waals surface area (Å²) in [5.74, 6) is 0. The van der Waals surface area contributed by atoms with E-state index in [1.165, 1.54) is 15.6 Å². The summed E-state index contributed by atoms with van der Waals surface area (Å²) < 4.78 is 1.46. The van der Waals surface area contributed by atoms with E-state index < -0.39 is 0 Å². The van der Waals surface area contributed by atoms with Crippen LogP contribution in [0.5, 0.6) is 0 Å². The average molecular weight is 380 g/mol. The molecule has 0 fully saturated rings. The molecule has 1 nitrogen and oxygen atoms in total. The molecule has 122 valence electrons. The summed E-state index contributed by atoms with van der Waals surface area (Å²) in [6.45, 7) is 3.26. The SMILES string of the molecule is C[C@H]([Se]c1ccccc1)[C@@H](NCc1ccccc1)c1ccccc1. The fourth-order valence-corrected chi connectivity index (χ4v) is 5.20. The maximum absolute atomic E-state index is 3.79. The minimum atomic E-state index is 0.367. The molecule has 3 rings (SSSR count). The molecule has 3 aromatic rings. The van der Waals surface area contributed by atoms with Gasteiger partial charge in [-0.2, -0.15) is 0 Å². The molecule has 0 unspecified atom stereocenters. The normalized spacial score (nSPS) is 13.4. The van der Waals surface area contributed by atoms with Crippen LogP contribution in [0.15, 0.2) is 91.0 Å². The van der Waals surface area contributed by atoms with Crippen molar-refractivity contribution in [1.82, 2.24) is 5.32 Å². The Hall–Kier alpha value is -1.86. The Kier molecular flexibility index (Phi) is 6.26. The molecule has 0 aliphatic heterocycles. The monoisotopic (exact) mass is 381 g/mol. The van der Waals surface area contributed by atoms with Gasteiger partial charge in [0, 0.05) is 0 Å². The molecule has 3 aromatic carbocycles. The number of hydrogen-bond donors (Lipinski definition) is 1. The summed E-state index contributed by atoms with van der Waals surface area (Å²) in [6, 6.07) is 32.7. The quantitative estimate of drug-likeness (QED) is 0.601. The first kappa shape index (κ1) is 17.0. The van der Waals surface area contributed by atoms with Crippen molar-refractivity contribution >= 4 is 19.4 Å². The van der Waals surface area contributed by atoms with E-state index in [0.717, 1.165) is 6.54 Å². The topological polar surface area (TPSA) is 12.0 Å². The first-order valence-electron chi connectivity index (χ1n) is 8.37. The summed E-state index contributed by atoms with van der Waals surface area (Å²) in [7, 11) is 0. The Balaban J connectivity index is 1.74. The zero-order valence-electron chi connectivity index (χ0n) is 13.9. The van der Waals surface area contributed by atoms with Crippen LogP contribution in [0.2, 0.25) is 4.82 Å². The predicted molar refractivity (Wildman–Crippen MR) is 104 cm³/mol. The molecule has 0 amide bonds. The molecule has 0 heterocycles. The van der Waals surface area contributed by atoms with Crippen molar-refractivity contribution in [2.45, 2.75) is 24.3 Å². The number of hydrogen-bond acceptors (Lipinski definition) is 1. The molecule has 1 N–H and O–H groups in total. The standard InChI is InChI=1S/C22H23NSe/c1-18(24-21-15-9-4-10-16-21)22(20-13-7-3-8-14-20)23-17-19-11-5-2-6-12-19/h2-16,18,22-23H,17H2,1H3/t18-,22+/m0/s1. The van der Waals surface area contributed by atoms with Gasteiger partial charge in [0.25, 0.3) is 0 Å². The molecule has 2 heteroatoms.